The van der Waals surface area contributed by atoms with E-state index in [4.69, 9.17) is 4.74 Å². The van der Waals surface area contributed by atoms with Gasteiger partial charge < -0.3 is 10.1 Å². The molecule has 0 aromatic heterocycles. The van der Waals surface area contributed by atoms with Gasteiger partial charge in [0.2, 0.25) is 5.91 Å². The third-order valence-corrected chi connectivity index (χ3v) is 4.37. The summed E-state index contributed by atoms with van der Waals surface area (Å²) in [6, 6.07) is 23.5. The Balaban J connectivity index is 1.43. The van der Waals surface area contributed by atoms with Crippen LogP contribution in [0.2, 0.25) is 0 Å². The van der Waals surface area contributed by atoms with E-state index < -0.39 is 4.92 Å². The first-order chi connectivity index (χ1) is 14.6. The highest BCUT2D eigenvalue weighted by molar-refractivity contribution is 6.01. The standard InChI is InChI=1S/C24H22N2O4/c27-24(17-10-20-8-13-22(14-9-20)26(28)29)25-21-11-15-23(16-12-21)30-18-4-7-19-5-2-1-3-6-19/h1-3,5-6,8-17H,4,7,18H2,(H,25,27)/b17-10+. The van der Waals surface area contributed by atoms with Gasteiger partial charge in [-0.05, 0) is 66.4 Å². The Labute approximate surface area is 175 Å². The van der Waals surface area contributed by atoms with Gasteiger partial charge in [0.1, 0.15) is 5.75 Å². The lowest BCUT2D eigenvalue weighted by Gasteiger charge is -2.08. The summed E-state index contributed by atoms with van der Waals surface area (Å²) in [6.45, 7) is 0.624. The Bertz CT molecular complexity index is 998. The third-order valence-electron chi connectivity index (χ3n) is 4.37. The molecule has 6 heteroatoms. The van der Waals surface area contributed by atoms with E-state index in [1.165, 1.54) is 23.8 Å². The molecule has 0 aliphatic rings. The van der Waals surface area contributed by atoms with Crippen LogP contribution in [0.1, 0.15) is 17.5 Å². The number of ether oxygens (including phenoxy) is 1. The van der Waals surface area contributed by atoms with Crippen LogP contribution in [-0.4, -0.2) is 17.4 Å². The molecule has 6 nitrogen and oxygen atoms in total. The first kappa shape index (κ1) is 20.8. The van der Waals surface area contributed by atoms with Crippen molar-refractivity contribution in [1.29, 1.82) is 0 Å². The fourth-order valence-corrected chi connectivity index (χ4v) is 2.81. The van der Waals surface area contributed by atoms with E-state index >= 15 is 0 Å². The van der Waals surface area contributed by atoms with E-state index in [2.05, 4.69) is 17.4 Å². The molecule has 30 heavy (non-hydrogen) atoms. The van der Waals surface area contributed by atoms with E-state index in [1.807, 2.05) is 30.3 Å². The Morgan fingerprint density at radius 1 is 0.967 bits per heavy atom. The number of nitrogens with zero attached hydrogens (tertiary/aromatic N) is 1. The summed E-state index contributed by atoms with van der Waals surface area (Å²) in [7, 11) is 0. The minimum absolute atomic E-state index is 0.0129. The van der Waals surface area contributed by atoms with Gasteiger partial charge in [0.15, 0.2) is 0 Å². The molecule has 1 amide bonds. The van der Waals surface area contributed by atoms with Crippen molar-refractivity contribution < 1.29 is 14.5 Å². The van der Waals surface area contributed by atoms with Crippen LogP contribution in [0.15, 0.2) is 84.9 Å². The van der Waals surface area contributed by atoms with Crippen LogP contribution in [0.25, 0.3) is 6.08 Å². The highest BCUT2D eigenvalue weighted by atomic mass is 16.6. The minimum Gasteiger partial charge on any atom is -0.494 e. The molecule has 3 aromatic carbocycles. The number of nitro groups is 1. The fraction of sp³-hybridized carbons (Fsp3) is 0.125. The predicted octanol–water partition coefficient (Wildman–Crippen LogP) is 5.26. The molecule has 0 spiro atoms. The Kier molecular flexibility index (Phi) is 7.33. The quantitative estimate of drug-likeness (QED) is 0.229. The number of hydrogen-bond acceptors (Lipinski definition) is 4. The Hall–Kier alpha value is -3.93. The summed E-state index contributed by atoms with van der Waals surface area (Å²) in [5, 5.41) is 13.4. The van der Waals surface area contributed by atoms with Crippen LogP contribution >= 0.6 is 0 Å². The summed E-state index contributed by atoms with van der Waals surface area (Å²) in [4.78, 5) is 22.2. The SMILES string of the molecule is O=C(/C=C/c1ccc([N+](=O)[O-])cc1)Nc1ccc(OCCCc2ccccc2)cc1. The lowest BCUT2D eigenvalue weighted by Crippen LogP contribution is -2.07. The summed E-state index contributed by atoms with van der Waals surface area (Å²) in [6.07, 6.45) is 4.88. The second kappa shape index (κ2) is 10.6. The topological polar surface area (TPSA) is 81.5 Å². The second-order valence-electron chi connectivity index (χ2n) is 6.63. The zero-order chi connectivity index (χ0) is 21.2. The van der Waals surface area contributed by atoms with Crippen molar-refractivity contribution in [2.24, 2.45) is 0 Å². The first-order valence-corrected chi connectivity index (χ1v) is 9.60. The average Bonchev–Trinajstić information content (AvgIpc) is 2.77. The first-order valence-electron chi connectivity index (χ1n) is 9.60. The molecule has 0 atom stereocenters. The van der Waals surface area contributed by atoms with Gasteiger partial charge in [0, 0.05) is 23.9 Å². The van der Waals surface area contributed by atoms with Crippen molar-refractivity contribution in [2.45, 2.75) is 12.8 Å². The van der Waals surface area contributed by atoms with Crippen LogP contribution < -0.4 is 10.1 Å². The fourth-order valence-electron chi connectivity index (χ4n) is 2.81. The number of nitrogens with one attached hydrogen (secondary N) is 1. The molecule has 0 fully saturated rings. The van der Waals surface area contributed by atoms with Crippen molar-refractivity contribution in [3.05, 3.63) is 106 Å². The number of non-ortho nitro benzene ring substituents is 1. The van der Waals surface area contributed by atoms with E-state index in [9.17, 15) is 14.9 Å². The molecule has 0 saturated carbocycles. The zero-order valence-corrected chi connectivity index (χ0v) is 16.4. The maximum absolute atomic E-state index is 12.1. The van der Waals surface area contributed by atoms with Crippen LogP contribution in [-0.2, 0) is 11.2 Å². The molecule has 0 aliphatic carbocycles. The van der Waals surface area contributed by atoms with E-state index in [0.29, 0.717) is 17.9 Å². The van der Waals surface area contributed by atoms with Gasteiger partial charge in [-0.3, -0.25) is 14.9 Å². The molecular formula is C24H22N2O4. The maximum Gasteiger partial charge on any atom is 0.269 e. The summed E-state index contributed by atoms with van der Waals surface area (Å²) < 4.78 is 5.74. The Morgan fingerprint density at radius 3 is 2.33 bits per heavy atom. The lowest BCUT2D eigenvalue weighted by molar-refractivity contribution is -0.384. The molecule has 3 aromatic rings. The smallest absolute Gasteiger partial charge is 0.269 e. The van der Waals surface area contributed by atoms with E-state index in [-0.39, 0.29) is 11.6 Å². The average molecular weight is 402 g/mol. The number of carbonyl (C=O) groups is 1. The number of hydrogen-bond donors (Lipinski definition) is 1. The van der Waals surface area contributed by atoms with Gasteiger partial charge in [0.05, 0.1) is 11.5 Å². The molecule has 3 rings (SSSR count). The molecule has 0 unspecified atom stereocenters. The number of aryl methyl sites for hydroxylation is 1. The van der Waals surface area contributed by atoms with Crippen LogP contribution in [0.5, 0.6) is 5.75 Å². The van der Waals surface area contributed by atoms with E-state index in [0.717, 1.165) is 18.6 Å². The lowest BCUT2D eigenvalue weighted by atomic mass is 10.1. The summed E-state index contributed by atoms with van der Waals surface area (Å²) in [5.74, 6) is 0.465. The van der Waals surface area contributed by atoms with Crippen molar-refractivity contribution in [1.82, 2.24) is 0 Å². The number of nitro benzene ring substituents is 1. The Morgan fingerprint density at radius 2 is 1.67 bits per heavy atom. The molecule has 0 bridgehead atoms. The van der Waals surface area contributed by atoms with Crippen molar-refractivity contribution >= 4 is 23.4 Å². The van der Waals surface area contributed by atoms with Crippen LogP contribution in [0.4, 0.5) is 11.4 Å². The number of amides is 1. The zero-order valence-electron chi connectivity index (χ0n) is 16.4. The number of benzene rings is 3. The summed E-state index contributed by atoms with van der Waals surface area (Å²) in [5.41, 5.74) is 2.67. The largest absolute Gasteiger partial charge is 0.494 e. The predicted molar refractivity (Wildman–Crippen MR) is 117 cm³/mol. The third kappa shape index (κ3) is 6.60. The van der Waals surface area contributed by atoms with Crippen molar-refractivity contribution in [3.63, 3.8) is 0 Å². The highest BCUT2D eigenvalue weighted by Gasteiger charge is 2.03. The van der Waals surface area contributed by atoms with Gasteiger partial charge in [-0.25, -0.2) is 0 Å². The number of rotatable bonds is 9. The van der Waals surface area contributed by atoms with Gasteiger partial charge in [0.25, 0.3) is 5.69 Å². The van der Waals surface area contributed by atoms with Crippen LogP contribution in [0, 0.1) is 10.1 Å². The molecule has 0 radical (unpaired) electrons. The van der Waals surface area contributed by atoms with Gasteiger partial charge in [-0.15, -0.1) is 0 Å². The molecule has 1 N–H and O–H groups in total. The highest BCUT2D eigenvalue weighted by Crippen LogP contribution is 2.17. The number of carbonyl (C=O) groups excluding carboxylic acids is 1. The van der Waals surface area contributed by atoms with Gasteiger partial charge in [-0.2, -0.15) is 0 Å². The van der Waals surface area contributed by atoms with Gasteiger partial charge in [-0.1, -0.05) is 30.3 Å². The normalized spacial score (nSPS) is 10.7. The minimum atomic E-state index is -0.461. The molecular weight excluding hydrogens is 380 g/mol. The molecule has 0 heterocycles. The molecule has 152 valence electrons. The van der Waals surface area contributed by atoms with E-state index in [1.54, 1.807) is 30.3 Å². The van der Waals surface area contributed by atoms with Gasteiger partial charge >= 0.3 is 0 Å². The summed E-state index contributed by atoms with van der Waals surface area (Å²) >= 11 is 0. The maximum atomic E-state index is 12.1. The van der Waals surface area contributed by atoms with Crippen molar-refractivity contribution in [3.8, 4) is 5.75 Å². The molecule has 0 aliphatic heterocycles. The monoisotopic (exact) mass is 402 g/mol. The molecule has 0 saturated heterocycles. The second-order valence-corrected chi connectivity index (χ2v) is 6.63. The van der Waals surface area contributed by atoms with Crippen molar-refractivity contribution in [2.75, 3.05) is 11.9 Å². The number of anilines is 1. The van der Waals surface area contributed by atoms with Crippen LogP contribution in [0.3, 0.4) is 0 Å².